The molecule has 1 N–H and O–H groups in total. The lowest BCUT2D eigenvalue weighted by Gasteiger charge is -2.13. The molecule has 3 heterocycles. The monoisotopic (exact) mass is 359 g/mol. The van der Waals surface area contributed by atoms with Crippen molar-refractivity contribution >= 4 is 45.9 Å². The zero-order chi connectivity index (χ0) is 17.3. The Morgan fingerprint density at radius 3 is 2.96 bits per heavy atom. The van der Waals surface area contributed by atoms with Gasteiger partial charge in [0, 0.05) is 23.6 Å². The van der Waals surface area contributed by atoms with Gasteiger partial charge in [-0.3, -0.25) is 9.79 Å². The van der Waals surface area contributed by atoms with E-state index in [4.69, 9.17) is 4.98 Å². The molecule has 1 atom stereocenters. The van der Waals surface area contributed by atoms with E-state index in [1.54, 1.807) is 29.6 Å². The number of allylic oxidation sites excluding steroid dienone is 1. The first-order valence-corrected chi connectivity index (χ1v) is 9.73. The van der Waals surface area contributed by atoms with Crippen molar-refractivity contribution in [3.63, 3.8) is 0 Å². The van der Waals surface area contributed by atoms with Crippen LogP contribution in [0.25, 0.3) is 16.6 Å². The Kier molecular flexibility index (Phi) is 4.96. The van der Waals surface area contributed by atoms with E-state index in [0.29, 0.717) is 0 Å². The summed E-state index contributed by atoms with van der Waals surface area (Å²) in [6.45, 7) is 7.87. The number of anilines is 1. The Labute approximate surface area is 150 Å². The van der Waals surface area contributed by atoms with Crippen molar-refractivity contribution in [1.29, 1.82) is 0 Å². The number of thiophene rings is 1. The summed E-state index contributed by atoms with van der Waals surface area (Å²) in [5, 5.41) is 4.84. The number of nitrogens with one attached hydrogen (secondary N) is 1. The lowest BCUT2D eigenvalue weighted by Crippen LogP contribution is -2.10. The van der Waals surface area contributed by atoms with Crippen LogP contribution in [0.15, 0.2) is 11.1 Å². The highest BCUT2D eigenvalue weighted by Gasteiger charge is 2.25. The number of aliphatic imine (C=N–C) groups is 1. The summed E-state index contributed by atoms with van der Waals surface area (Å²) in [7, 11) is 0. The molecule has 0 radical (unpaired) electrons. The van der Waals surface area contributed by atoms with Gasteiger partial charge in [0.25, 0.3) is 0 Å². The molecule has 0 saturated carbocycles. The highest BCUT2D eigenvalue weighted by atomic mass is 32.1. The quantitative estimate of drug-likeness (QED) is 0.842. The predicted octanol–water partition coefficient (Wildman–Crippen LogP) is 4.93. The second-order valence-electron chi connectivity index (χ2n) is 5.93. The van der Waals surface area contributed by atoms with Gasteiger partial charge in [0.2, 0.25) is 5.91 Å². The minimum absolute atomic E-state index is 0.0563. The average Bonchev–Trinajstić information content (AvgIpc) is 3.04. The van der Waals surface area contributed by atoms with E-state index in [2.05, 4.69) is 43.2 Å². The smallest absolute Gasteiger partial charge is 0.221 e. The van der Waals surface area contributed by atoms with Crippen molar-refractivity contribution in [3.8, 4) is 10.6 Å². The molecule has 2 aromatic rings. The number of aromatic nitrogens is 1. The number of amides is 1. The molecule has 3 rings (SSSR count). The molecule has 0 aliphatic carbocycles. The van der Waals surface area contributed by atoms with Gasteiger partial charge < -0.3 is 5.32 Å². The van der Waals surface area contributed by atoms with Crippen molar-refractivity contribution in [2.24, 2.45) is 4.99 Å². The minimum atomic E-state index is -0.0563. The number of hydrogen-bond donors (Lipinski definition) is 1. The molecular weight excluding hydrogens is 338 g/mol. The number of nitrogens with zero attached hydrogens (tertiary/aromatic N) is 2. The van der Waals surface area contributed by atoms with E-state index in [1.807, 2.05) is 6.21 Å². The van der Waals surface area contributed by atoms with Crippen molar-refractivity contribution < 1.29 is 4.79 Å². The molecule has 2 aromatic heterocycles. The van der Waals surface area contributed by atoms with Gasteiger partial charge in [-0.15, -0.1) is 22.7 Å². The Balaban J connectivity index is 2.12. The van der Waals surface area contributed by atoms with Gasteiger partial charge in [0.05, 0.1) is 16.6 Å². The summed E-state index contributed by atoms with van der Waals surface area (Å²) in [5.41, 5.74) is 3.35. The van der Waals surface area contributed by atoms with Crippen LogP contribution in [0.5, 0.6) is 0 Å². The fourth-order valence-corrected chi connectivity index (χ4v) is 4.91. The molecule has 6 heteroatoms. The predicted molar refractivity (Wildman–Crippen MR) is 105 cm³/mol. The molecule has 1 aliphatic rings. The van der Waals surface area contributed by atoms with Crippen LogP contribution in [-0.4, -0.2) is 23.1 Å². The standard InChI is InChI=1S/C18H21N3OS2/c1-5-6-7-14-11(3)23-18(21-14)16-13-8-10(2)19-9-15(13)24-17(16)20-12(4)22/h6-7,9-10H,5,8H2,1-4H3,(H,20,22). The lowest BCUT2D eigenvalue weighted by atomic mass is 10.0. The summed E-state index contributed by atoms with van der Waals surface area (Å²) >= 11 is 3.27. The number of hydrogen-bond acceptors (Lipinski definition) is 5. The zero-order valence-electron chi connectivity index (χ0n) is 14.3. The first-order chi connectivity index (χ1) is 11.5. The largest absolute Gasteiger partial charge is 0.317 e. The van der Waals surface area contributed by atoms with E-state index in [-0.39, 0.29) is 11.9 Å². The third kappa shape index (κ3) is 3.35. The van der Waals surface area contributed by atoms with Crippen molar-refractivity contribution in [1.82, 2.24) is 4.98 Å². The molecule has 4 nitrogen and oxygen atoms in total. The van der Waals surface area contributed by atoms with E-state index >= 15 is 0 Å². The fourth-order valence-electron chi connectivity index (χ4n) is 2.71. The van der Waals surface area contributed by atoms with Crippen LogP contribution in [0.1, 0.15) is 48.2 Å². The van der Waals surface area contributed by atoms with Gasteiger partial charge in [-0.2, -0.15) is 0 Å². The Morgan fingerprint density at radius 2 is 2.25 bits per heavy atom. The molecule has 0 bridgehead atoms. The van der Waals surface area contributed by atoms with Gasteiger partial charge in [0.15, 0.2) is 0 Å². The Hall–Kier alpha value is -1.79. The third-order valence-electron chi connectivity index (χ3n) is 3.83. The van der Waals surface area contributed by atoms with Gasteiger partial charge in [-0.1, -0.05) is 13.0 Å². The number of carbonyl (C=O) groups excluding carboxylic acids is 1. The second kappa shape index (κ2) is 6.99. The van der Waals surface area contributed by atoms with E-state index in [9.17, 15) is 4.79 Å². The maximum Gasteiger partial charge on any atom is 0.221 e. The maximum atomic E-state index is 11.6. The molecule has 0 spiro atoms. The molecule has 126 valence electrons. The number of thiazole rings is 1. The first kappa shape index (κ1) is 17.0. The Morgan fingerprint density at radius 1 is 1.46 bits per heavy atom. The molecule has 0 fully saturated rings. The van der Waals surface area contributed by atoms with Crippen LogP contribution in [0.2, 0.25) is 0 Å². The highest BCUT2D eigenvalue weighted by Crippen LogP contribution is 2.44. The van der Waals surface area contributed by atoms with Crippen molar-refractivity contribution in [2.45, 2.75) is 46.6 Å². The summed E-state index contributed by atoms with van der Waals surface area (Å²) < 4.78 is 0. The summed E-state index contributed by atoms with van der Waals surface area (Å²) in [5.74, 6) is -0.0563. The van der Waals surface area contributed by atoms with Gasteiger partial charge >= 0.3 is 0 Å². The van der Waals surface area contributed by atoms with E-state index in [0.717, 1.165) is 39.0 Å². The molecule has 1 aliphatic heterocycles. The van der Waals surface area contributed by atoms with E-state index < -0.39 is 0 Å². The van der Waals surface area contributed by atoms with Crippen LogP contribution in [0.3, 0.4) is 0 Å². The van der Waals surface area contributed by atoms with Crippen LogP contribution in [0, 0.1) is 6.92 Å². The topological polar surface area (TPSA) is 54.4 Å². The molecule has 1 amide bonds. The SMILES string of the molecule is CCC=Cc1nc(-c2c(NC(C)=O)sc3c2CC(C)N=C3)sc1C. The normalized spacial score (nSPS) is 16.6. The molecule has 0 saturated heterocycles. The number of aryl methyl sites for hydroxylation is 1. The van der Waals surface area contributed by atoms with Crippen LogP contribution < -0.4 is 5.32 Å². The number of rotatable bonds is 4. The maximum absolute atomic E-state index is 11.6. The molecule has 24 heavy (non-hydrogen) atoms. The van der Waals surface area contributed by atoms with Crippen molar-refractivity contribution in [2.75, 3.05) is 5.32 Å². The molecular formula is C18H21N3OS2. The summed E-state index contributed by atoms with van der Waals surface area (Å²) in [4.78, 5) is 23.3. The molecule has 0 aromatic carbocycles. The average molecular weight is 360 g/mol. The van der Waals surface area contributed by atoms with Crippen LogP contribution in [-0.2, 0) is 11.2 Å². The summed E-state index contributed by atoms with van der Waals surface area (Å²) in [6, 6.07) is 0.261. The number of carbonyl (C=O) groups is 1. The number of fused-ring (bicyclic) bond motifs is 1. The second-order valence-corrected chi connectivity index (χ2v) is 8.19. The fraction of sp³-hybridized carbons (Fsp3) is 0.389. The summed E-state index contributed by atoms with van der Waals surface area (Å²) in [6.07, 6.45) is 8.01. The molecule has 1 unspecified atom stereocenters. The van der Waals surface area contributed by atoms with Gasteiger partial charge in [0.1, 0.15) is 10.0 Å². The lowest BCUT2D eigenvalue weighted by molar-refractivity contribution is -0.114. The van der Waals surface area contributed by atoms with Crippen molar-refractivity contribution in [3.05, 3.63) is 27.1 Å². The zero-order valence-corrected chi connectivity index (χ0v) is 16.0. The Bertz CT molecular complexity index is 830. The van der Waals surface area contributed by atoms with Gasteiger partial charge in [-0.05, 0) is 38.3 Å². The third-order valence-corrected chi connectivity index (χ3v) is 5.92. The minimum Gasteiger partial charge on any atom is -0.317 e. The van der Waals surface area contributed by atoms with Gasteiger partial charge in [-0.25, -0.2) is 4.98 Å². The van der Waals surface area contributed by atoms with Crippen LogP contribution in [0.4, 0.5) is 5.00 Å². The van der Waals surface area contributed by atoms with E-state index in [1.165, 1.54) is 10.4 Å². The van der Waals surface area contributed by atoms with Crippen LogP contribution >= 0.6 is 22.7 Å². The first-order valence-electron chi connectivity index (χ1n) is 8.10. The highest BCUT2D eigenvalue weighted by molar-refractivity contribution is 7.20.